The van der Waals surface area contributed by atoms with E-state index < -0.39 is 0 Å². The number of nitrogens with one attached hydrogen (secondary N) is 1. The fourth-order valence-electron chi connectivity index (χ4n) is 1.51. The zero-order valence-electron chi connectivity index (χ0n) is 9.84. The summed E-state index contributed by atoms with van der Waals surface area (Å²) < 4.78 is 0. The van der Waals surface area contributed by atoms with E-state index in [0.29, 0.717) is 11.5 Å². The summed E-state index contributed by atoms with van der Waals surface area (Å²) in [5, 5.41) is 12.3. The zero-order valence-corrected chi connectivity index (χ0v) is 9.84. The van der Waals surface area contributed by atoms with E-state index in [2.05, 4.69) is 10.3 Å². The molecule has 0 aliphatic rings. The minimum Gasteiger partial charge on any atom is -0.507 e. The highest BCUT2D eigenvalue weighted by Crippen LogP contribution is 2.19. The number of anilines is 2. The maximum Gasteiger partial charge on any atom is 0.259 e. The van der Waals surface area contributed by atoms with Crippen LogP contribution in [0, 0.1) is 6.92 Å². The number of benzene rings is 1. The highest BCUT2D eigenvalue weighted by atomic mass is 16.3. The number of carbonyl (C=O) groups is 1. The number of aromatic nitrogens is 1. The molecule has 1 aromatic carbocycles. The van der Waals surface area contributed by atoms with Crippen LogP contribution in [0.25, 0.3) is 0 Å². The van der Waals surface area contributed by atoms with Crippen molar-refractivity contribution >= 4 is 17.4 Å². The average molecular weight is 243 g/mol. The molecule has 0 aliphatic carbocycles. The Kier molecular flexibility index (Phi) is 3.14. The van der Waals surface area contributed by atoms with Gasteiger partial charge < -0.3 is 16.2 Å². The number of nitrogens with zero attached hydrogens (tertiary/aromatic N) is 1. The van der Waals surface area contributed by atoms with E-state index in [1.165, 1.54) is 12.3 Å². The Morgan fingerprint density at radius 3 is 2.78 bits per heavy atom. The molecule has 1 aromatic heterocycles. The van der Waals surface area contributed by atoms with Gasteiger partial charge in [-0.25, -0.2) is 4.98 Å². The molecular formula is C13H13N3O2. The van der Waals surface area contributed by atoms with Crippen LogP contribution in [0.2, 0.25) is 0 Å². The van der Waals surface area contributed by atoms with Crippen molar-refractivity contribution in [1.29, 1.82) is 0 Å². The summed E-state index contributed by atoms with van der Waals surface area (Å²) in [4.78, 5) is 15.8. The van der Waals surface area contributed by atoms with Crippen molar-refractivity contribution < 1.29 is 9.90 Å². The Labute approximate surface area is 104 Å². The molecule has 0 spiro atoms. The van der Waals surface area contributed by atoms with E-state index in [9.17, 15) is 9.90 Å². The molecule has 2 aromatic rings. The highest BCUT2D eigenvalue weighted by molar-refractivity contribution is 6.06. The van der Waals surface area contributed by atoms with Gasteiger partial charge in [0.2, 0.25) is 0 Å². The predicted octanol–water partition coefficient (Wildman–Crippen LogP) is 1.93. The lowest BCUT2D eigenvalue weighted by Gasteiger charge is -2.07. The first kappa shape index (κ1) is 11.9. The normalized spacial score (nSPS) is 10.1. The molecule has 0 radical (unpaired) electrons. The fraction of sp³-hybridized carbons (Fsp3) is 0.0769. The summed E-state index contributed by atoms with van der Waals surface area (Å²) >= 11 is 0. The standard InChI is InChI=1S/C13H13N3O2/c1-8-2-4-11(17)10(6-8)13(18)16-9-3-5-12(14)15-7-9/h2-7,17H,1H3,(H2,14,15)(H,16,18). The molecule has 0 saturated carbocycles. The third kappa shape index (κ3) is 2.57. The van der Waals surface area contributed by atoms with Crippen LogP contribution in [0.4, 0.5) is 11.5 Å². The van der Waals surface area contributed by atoms with Crippen LogP contribution in [0.15, 0.2) is 36.5 Å². The highest BCUT2D eigenvalue weighted by Gasteiger charge is 2.11. The molecule has 18 heavy (non-hydrogen) atoms. The van der Waals surface area contributed by atoms with Gasteiger partial charge in [-0.1, -0.05) is 11.6 Å². The molecule has 4 N–H and O–H groups in total. The van der Waals surface area contributed by atoms with Crippen LogP contribution >= 0.6 is 0 Å². The number of hydrogen-bond acceptors (Lipinski definition) is 4. The van der Waals surface area contributed by atoms with Crippen LogP contribution in [0.1, 0.15) is 15.9 Å². The molecule has 5 heteroatoms. The van der Waals surface area contributed by atoms with Crippen LogP contribution in [0.3, 0.4) is 0 Å². The first-order valence-corrected chi connectivity index (χ1v) is 5.39. The Morgan fingerprint density at radius 1 is 1.33 bits per heavy atom. The SMILES string of the molecule is Cc1ccc(O)c(C(=O)Nc2ccc(N)nc2)c1. The van der Waals surface area contributed by atoms with Gasteiger partial charge in [-0.3, -0.25) is 4.79 Å². The van der Waals surface area contributed by atoms with Crippen molar-refractivity contribution in [2.45, 2.75) is 6.92 Å². The zero-order chi connectivity index (χ0) is 13.1. The topological polar surface area (TPSA) is 88.2 Å². The largest absolute Gasteiger partial charge is 0.507 e. The van der Waals surface area contributed by atoms with Gasteiger partial charge >= 0.3 is 0 Å². The smallest absolute Gasteiger partial charge is 0.259 e. The maximum atomic E-state index is 11.9. The molecule has 92 valence electrons. The van der Waals surface area contributed by atoms with Gasteiger partial charge in [0.1, 0.15) is 11.6 Å². The van der Waals surface area contributed by atoms with Crippen molar-refractivity contribution in [3.8, 4) is 5.75 Å². The predicted molar refractivity (Wildman–Crippen MR) is 69.4 cm³/mol. The molecule has 0 saturated heterocycles. The second kappa shape index (κ2) is 4.75. The lowest BCUT2D eigenvalue weighted by atomic mass is 10.1. The van der Waals surface area contributed by atoms with Gasteiger partial charge in [-0.15, -0.1) is 0 Å². The van der Waals surface area contributed by atoms with Crippen molar-refractivity contribution in [2.75, 3.05) is 11.1 Å². The number of phenolic OH excluding ortho intramolecular Hbond substituents is 1. The van der Waals surface area contributed by atoms with Crippen molar-refractivity contribution in [3.63, 3.8) is 0 Å². The molecule has 1 amide bonds. The molecule has 0 unspecified atom stereocenters. The van der Waals surface area contributed by atoms with Crippen molar-refractivity contribution in [1.82, 2.24) is 4.98 Å². The quantitative estimate of drug-likeness (QED) is 0.752. The van der Waals surface area contributed by atoms with E-state index >= 15 is 0 Å². The molecule has 2 rings (SSSR count). The van der Waals surface area contributed by atoms with E-state index in [4.69, 9.17) is 5.73 Å². The van der Waals surface area contributed by atoms with Crippen molar-refractivity contribution in [3.05, 3.63) is 47.7 Å². The first-order valence-electron chi connectivity index (χ1n) is 5.39. The number of nitrogens with two attached hydrogens (primary N) is 1. The number of nitrogen functional groups attached to an aromatic ring is 1. The molecule has 0 fully saturated rings. The average Bonchev–Trinajstić information content (AvgIpc) is 2.35. The summed E-state index contributed by atoms with van der Waals surface area (Å²) in [6, 6.07) is 8.08. The van der Waals surface area contributed by atoms with E-state index in [0.717, 1.165) is 5.56 Å². The Morgan fingerprint density at radius 2 is 2.11 bits per heavy atom. The van der Waals surface area contributed by atoms with Gasteiger partial charge in [0.05, 0.1) is 17.4 Å². The number of hydrogen-bond donors (Lipinski definition) is 3. The Balaban J connectivity index is 2.21. The molecule has 0 atom stereocenters. The lowest BCUT2D eigenvalue weighted by molar-refractivity contribution is 0.102. The van der Waals surface area contributed by atoms with Crippen LogP contribution in [0.5, 0.6) is 5.75 Å². The summed E-state index contributed by atoms with van der Waals surface area (Å²) in [7, 11) is 0. The fourth-order valence-corrected chi connectivity index (χ4v) is 1.51. The molecule has 1 heterocycles. The molecule has 0 aliphatic heterocycles. The molecule has 0 bridgehead atoms. The van der Waals surface area contributed by atoms with Crippen molar-refractivity contribution in [2.24, 2.45) is 0 Å². The number of amides is 1. The van der Waals surface area contributed by atoms with Crippen LogP contribution in [-0.4, -0.2) is 16.0 Å². The summed E-state index contributed by atoms with van der Waals surface area (Å²) in [5.74, 6) is -0.0596. The third-order valence-electron chi connectivity index (χ3n) is 2.44. The Bertz CT molecular complexity index is 579. The first-order chi connectivity index (χ1) is 8.56. The summed E-state index contributed by atoms with van der Waals surface area (Å²) in [5.41, 5.74) is 7.10. The van der Waals surface area contributed by atoms with Crippen LogP contribution < -0.4 is 11.1 Å². The third-order valence-corrected chi connectivity index (χ3v) is 2.44. The summed E-state index contributed by atoms with van der Waals surface area (Å²) in [6.45, 7) is 1.85. The molecule has 5 nitrogen and oxygen atoms in total. The van der Waals surface area contributed by atoms with Gasteiger partial charge in [-0.2, -0.15) is 0 Å². The number of carbonyl (C=O) groups excluding carboxylic acids is 1. The van der Waals surface area contributed by atoms with E-state index in [1.54, 1.807) is 24.3 Å². The number of phenols is 1. The number of rotatable bonds is 2. The van der Waals surface area contributed by atoms with E-state index in [1.807, 2.05) is 6.92 Å². The minimum atomic E-state index is -0.386. The lowest BCUT2D eigenvalue weighted by Crippen LogP contribution is -2.12. The van der Waals surface area contributed by atoms with Gasteiger partial charge in [0.15, 0.2) is 0 Å². The minimum absolute atomic E-state index is 0.0542. The second-order valence-corrected chi connectivity index (χ2v) is 3.95. The van der Waals surface area contributed by atoms with E-state index in [-0.39, 0.29) is 17.2 Å². The maximum absolute atomic E-state index is 11.9. The van der Waals surface area contributed by atoms with Crippen LogP contribution in [-0.2, 0) is 0 Å². The van der Waals surface area contributed by atoms with Gasteiger partial charge in [0, 0.05) is 0 Å². The number of pyridine rings is 1. The van der Waals surface area contributed by atoms with Gasteiger partial charge in [-0.05, 0) is 31.2 Å². The number of aryl methyl sites for hydroxylation is 1. The summed E-state index contributed by atoms with van der Waals surface area (Å²) in [6.07, 6.45) is 1.46. The number of aromatic hydroxyl groups is 1. The second-order valence-electron chi connectivity index (χ2n) is 3.95. The molecular weight excluding hydrogens is 230 g/mol. The van der Waals surface area contributed by atoms with Gasteiger partial charge in [0.25, 0.3) is 5.91 Å². The Hall–Kier alpha value is -2.56. The monoisotopic (exact) mass is 243 g/mol.